The molecule has 20 aromatic carbocycles. The van der Waals surface area contributed by atoms with Crippen LogP contribution in [0.3, 0.4) is 0 Å². The van der Waals surface area contributed by atoms with E-state index >= 15 is 0 Å². The molecule has 27 rings (SSSR count). The summed E-state index contributed by atoms with van der Waals surface area (Å²) < 4.78 is 22.8. The zero-order valence-corrected chi connectivity index (χ0v) is 81.8. The van der Waals surface area contributed by atoms with Crippen molar-refractivity contribution in [3.8, 4) is 146 Å². The lowest BCUT2D eigenvalue weighted by atomic mass is 9.74. The molecule has 1 saturated heterocycles. The average Bonchev–Trinajstić information content (AvgIpc) is 1.58. The third-order valence-corrected chi connectivity index (χ3v) is 32.6. The van der Waals surface area contributed by atoms with Crippen LogP contribution < -0.4 is 5.46 Å². The lowest BCUT2D eigenvalue weighted by Gasteiger charge is -2.32. The van der Waals surface area contributed by atoms with Crippen molar-refractivity contribution >= 4 is 172 Å². The van der Waals surface area contributed by atoms with Crippen molar-refractivity contribution in [1.29, 1.82) is 0 Å². The largest absolute Gasteiger partial charge is 0.495 e. The molecule has 674 valence electrons. The fraction of sp³-hybridized carbons (Fsp3) is 0.0469. The van der Waals surface area contributed by atoms with Gasteiger partial charge in [0.1, 0.15) is 0 Å². The molecule has 1 aliphatic heterocycles. The second-order valence-corrected chi connectivity index (χ2v) is 41.5. The van der Waals surface area contributed by atoms with Gasteiger partial charge in [-0.3, -0.25) is 0 Å². The highest BCUT2D eigenvalue weighted by molar-refractivity contribution is 7.27. The van der Waals surface area contributed by atoms with Gasteiger partial charge in [-0.25, -0.2) is 19.9 Å². The first-order valence-electron chi connectivity index (χ1n) is 47.7. The maximum atomic E-state index is 6.67. The summed E-state index contributed by atoms with van der Waals surface area (Å²) in [5.74, 6) is 2.97. The van der Waals surface area contributed by atoms with E-state index in [1.807, 2.05) is 52.2 Å². The molecule has 0 aliphatic carbocycles. The predicted molar refractivity (Wildman–Crippen MR) is 604 cm³/mol. The van der Waals surface area contributed by atoms with Gasteiger partial charge in [-0.15, -0.1) is 45.3 Å². The van der Waals surface area contributed by atoms with E-state index in [1.54, 1.807) is 11.3 Å². The molecular formula is C128H86BClN6O2S4. The predicted octanol–water partition coefficient (Wildman–Crippen LogP) is 35.8. The number of halogens is 1. The van der Waals surface area contributed by atoms with Crippen LogP contribution in [0.5, 0.6) is 0 Å². The highest BCUT2D eigenvalue weighted by atomic mass is 35.5. The van der Waals surface area contributed by atoms with Crippen molar-refractivity contribution in [2.24, 2.45) is 0 Å². The second-order valence-electron chi connectivity index (χ2n) is 36.9. The van der Waals surface area contributed by atoms with Gasteiger partial charge < -0.3 is 9.31 Å². The normalized spacial score (nSPS) is 12.9. The number of fused-ring (bicyclic) bond motifs is 16. The van der Waals surface area contributed by atoms with Crippen molar-refractivity contribution in [3.05, 3.63) is 454 Å². The Morgan fingerprint density at radius 2 is 0.486 bits per heavy atom. The highest BCUT2D eigenvalue weighted by Crippen LogP contribution is 2.52. The van der Waals surface area contributed by atoms with Crippen LogP contribution in [0.15, 0.2) is 449 Å². The lowest BCUT2D eigenvalue weighted by Crippen LogP contribution is -2.41. The van der Waals surface area contributed by atoms with Crippen molar-refractivity contribution in [2.75, 3.05) is 0 Å². The van der Waals surface area contributed by atoms with E-state index in [-0.39, 0.29) is 23.6 Å². The molecule has 14 heteroatoms. The molecule has 0 amide bonds. The van der Waals surface area contributed by atoms with Gasteiger partial charge in [0, 0.05) is 114 Å². The molecule has 0 saturated carbocycles. The SMILES string of the molecule is CC1(C)OB(c2ccccc2-c2cccc3c2sc2ccc4ccccc4c23)OC1(C)C.Clc1nc(-c2cc(-c3ccccc3)cc(-c3ccccc3)c2)nc(-c2cccc3sc4cccc(-c5ccccc5)c4c23)n1.c1ccc(-c2cc(-c3ccccc3)cc(-c3nc(-c4ccccc4-c4cccc5c4sc4ccc6ccccc6c45)nc(-c4cccc5sc6cccc(-c7ccccc7)c6c45)n3)c2)cc1. The van der Waals surface area contributed by atoms with Gasteiger partial charge in [-0.2, -0.15) is 9.97 Å². The average molecular weight is 1910 g/mol. The molecule has 0 unspecified atom stereocenters. The van der Waals surface area contributed by atoms with E-state index in [1.165, 1.54) is 125 Å². The molecule has 6 aromatic heterocycles. The number of nitrogens with zero attached hydrogens (tertiary/aromatic N) is 6. The van der Waals surface area contributed by atoms with Crippen LogP contribution in [-0.4, -0.2) is 48.2 Å². The van der Waals surface area contributed by atoms with Crippen LogP contribution in [-0.2, 0) is 9.31 Å². The molecule has 8 nitrogen and oxygen atoms in total. The van der Waals surface area contributed by atoms with Gasteiger partial charge in [0.2, 0.25) is 5.28 Å². The van der Waals surface area contributed by atoms with Crippen LogP contribution in [0.4, 0.5) is 0 Å². The third-order valence-electron chi connectivity index (χ3n) is 27.7. The number of rotatable bonds is 14. The highest BCUT2D eigenvalue weighted by Gasteiger charge is 2.52. The Labute approximate surface area is 843 Å². The van der Waals surface area contributed by atoms with Gasteiger partial charge in [0.25, 0.3) is 0 Å². The Kier molecular flexibility index (Phi) is 22.6. The number of hydrogen-bond acceptors (Lipinski definition) is 12. The molecule has 0 N–H and O–H groups in total. The van der Waals surface area contributed by atoms with Crippen LogP contribution >= 0.6 is 56.9 Å². The Morgan fingerprint density at radius 1 is 0.204 bits per heavy atom. The van der Waals surface area contributed by atoms with E-state index in [2.05, 4.69) is 468 Å². The summed E-state index contributed by atoms with van der Waals surface area (Å²) in [5, 5.41) is 15.2. The van der Waals surface area contributed by atoms with Gasteiger partial charge in [-0.1, -0.05) is 376 Å². The minimum atomic E-state index is -0.387. The summed E-state index contributed by atoms with van der Waals surface area (Å²) in [5.41, 5.74) is 23.2. The Hall–Kier alpha value is -15.9. The molecule has 26 aromatic rings. The van der Waals surface area contributed by atoms with E-state index in [0.717, 1.165) is 99.7 Å². The van der Waals surface area contributed by atoms with E-state index in [9.17, 15) is 0 Å². The van der Waals surface area contributed by atoms with Gasteiger partial charge in [0.15, 0.2) is 29.1 Å². The molecule has 0 spiro atoms. The number of aromatic nitrogens is 6. The number of benzene rings is 20. The summed E-state index contributed by atoms with van der Waals surface area (Å²) in [4.78, 5) is 30.9. The smallest absolute Gasteiger partial charge is 0.399 e. The fourth-order valence-corrected chi connectivity index (χ4v) is 25.2. The van der Waals surface area contributed by atoms with Gasteiger partial charge in [0.05, 0.1) is 11.2 Å². The van der Waals surface area contributed by atoms with Crippen molar-refractivity contribution in [3.63, 3.8) is 0 Å². The topological polar surface area (TPSA) is 95.8 Å². The van der Waals surface area contributed by atoms with Crippen molar-refractivity contribution < 1.29 is 9.31 Å². The Morgan fingerprint density at radius 3 is 0.915 bits per heavy atom. The molecule has 0 atom stereocenters. The molecule has 1 fully saturated rings. The summed E-state index contributed by atoms with van der Waals surface area (Å²) >= 11 is 14.0. The van der Waals surface area contributed by atoms with Crippen LogP contribution in [0.2, 0.25) is 5.28 Å². The zero-order valence-electron chi connectivity index (χ0n) is 77.8. The summed E-state index contributed by atoms with van der Waals surface area (Å²) in [7, 11) is -0.387. The lowest BCUT2D eigenvalue weighted by molar-refractivity contribution is 0.00578. The number of thiophene rings is 4. The third kappa shape index (κ3) is 16.2. The number of hydrogen-bond donors (Lipinski definition) is 0. The first kappa shape index (κ1) is 87.6. The Balaban J connectivity index is 0.000000120. The summed E-state index contributed by atoms with van der Waals surface area (Å²) in [6, 6.07) is 159. The monoisotopic (exact) mass is 1910 g/mol. The van der Waals surface area contributed by atoms with Gasteiger partial charge in [-0.05, 0) is 223 Å². The Bertz CT molecular complexity index is 9270. The van der Waals surface area contributed by atoms with E-state index in [4.69, 9.17) is 40.8 Å². The zero-order chi connectivity index (χ0) is 95.1. The quantitative estimate of drug-likeness (QED) is 0.0994. The minimum Gasteiger partial charge on any atom is -0.399 e. The van der Waals surface area contributed by atoms with Crippen LogP contribution in [0, 0.1) is 0 Å². The van der Waals surface area contributed by atoms with Crippen molar-refractivity contribution in [2.45, 2.75) is 38.9 Å². The maximum Gasteiger partial charge on any atom is 0.495 e. The van der Waals surface area contributed by atoms with Crippen LogP contribution in [0.1, 0.15) is 27.7 Å². The first-order valence-corrected chi connectivity index (χ1v) is 51.3. The summed E-state index contributed by atoms with van der Waals surface area (Å²) in [6.07, 6.45) is 0. The second kappa shape index (κ2) is 36.7. The molecule has 1 aliphatic rings. The first-order chi connectivity index (χ1) is 69.8. The molecule has 7 heterocycles. The van der Waals surface area contributed by atoms with E-state index in [0.29, 0.717) is 29.1 Å². The fourth-order valence-electron chi connectivity index (χ4n) is 20.3. The van der Waals surface area contributed by atoms with Crippen LogP contribution in [0.25, 0.3) is 248 Å². The van der Waals surface area contributed by atoms with E-state index < -0.39 is 0 Å². The summed E-state index contributed by atoms with van der Waals surface area (Å²) in [6.45, 7) is 8.42. The minimum absolute atomic E-state index is 0.163. The van der Waals surface area contributed by atoms with Gasteiger partial charge >= 0.3 is 7.12 Å². The molecule has 142 heavy (non-hydrogen) atoms. The maximum absolute atomic E-state index is 6.67. The molecule has 0 radical (unpaired) electrons. The standard InChI is InChI=1S/C61H37N3S2.C39H24ClN3S.C28H25BO2S/c1-4-17-38(18-5-1)42-35-43(39-19-6-2-7-20-39)37-44(36-42)59-62-60(64-61(63-59)51-30-16-32-53-57(51)56-46(27-15-31-52(56)65-53)40-21-8-3-9-22-40)49-26-13-12-25-47(49)48-28-14-29-50-55-45-24-11-10-23-41(45)33-34-54(55)66-58(48)50;40-39-42-37(30-23-28(25-12-4-1-5-13-25)22-29(24-30)26-14-6-2-7-15-26)41-38(43-39)32-19-11-21-34-36(32)35-31(18-10-20-33(35)44-34)27-16-8-3-9-17-27;1-27(2)28(3,4)31-29(30-27)23-15-8-7-12-20(23)21-13-9-14-22-25-19-11-6-5-10-18(19)16-17-24(25)32-26(21)22/h1-37H;1-24H;5-17H,1-4H3. The molecular weight excluding hydrogens is 1830 g/mol. The van der Waals surface area contributed by atoms with Crippen molar-refractivity contribution in [1.82, 2.24) is 29.9 Å². The molecule has 0 bridgehead atoms.